The maximum atomic E-state index is 5.36. The van der Waals surface area contributed by atoms with Gasteiger partial charge in [0.2, 0.25) is 0 Å². The molecule has 18 heavy (non-hydrogen) atoms. The summed E-state index contributed by atoms with van der Waals surface area (Å²) in [5.41, 5.74) is 0. The second-order valence-corrected chi connectivity index (χ2v) is 20.0. The Morgan fingerprint density at radius 2 is 1.33 bits per heavy atom. The summed E-state index contributed by atoms with van der Waals surface area (Å²) in [5.74, 6) is 1.59. The van der Waals surface area contributed by atoms with Gasteiger partial charge in [-0.3, -0.25) is 0 Å². The van der Waals surface area contributed by atoms with Crippen LogP contribution in [0.5, 0.6) is 11.5 Å². The van der Waals surface area contributed by atoms with Gasteiger partial charge in [-0.25, -0.2) is 0 Å². The number of fused-ring (bicyclic) bond motifs is 1. The molecule has 3 heteroatoms. The Morgan fingerprint density at radius 1 is 0.778 bits per heavy atom. The molecule has 2 rings (SSSR count). The fourth-order valence-electron chi connectivity index (χ4n) is 2.04. The molecule has 0 bridgehead atoms. The average molecular weight is 351 g/mol. The van der Waals surface area contributed by atoms with E-state index >= 15 is 0 Å². The van der Waals surface area contributed by atoms with Gasteiger partial charge in [-0.1, -0.05) is 0 Å². The second kappa shape index (κ2) is 5.00. The van der Waals surface area contributed by atoms with E-state index in [0.29, 0.717) is 0 Å². The van der Waals surface area contributed by atoms with E-state index in [1.165, 1.54) is 14.4 Å². The van der Waals surface area contributed by atoms with Gasteiger partial charge in [0.05, 0.1) is 0 Å². The summed E-state index contributed by atoms with van der Waals surface area (Å²) in [6.07, 6.45) is 0. The van der Waals surface area contributed by atoms with Crippen LogP contribution in [0.2, 0.25) is 14.8 Å². The van der Waals surface area contributed by atoms with E-state index in [1.54, 1.807) is 14.2 Å². The predicted molar refractivity (Wildman–Crippen MR) is 80.0 cm³/mol. The number of hydrogen-bond acceptors (Lipinski definition) is 2. The van der Waals surface area contributed by atoms with Crippen molar-refractivity contribution in [3.8, 4) is 11.5 Å². The van der Waals surface area contributed by atoms with Crippen LogP contribution in [0, 0.1) is 0 Å². The minimum atomic E-state index is -2.00. The van der Waals surface area contributed by atoms with Crippen molar-refractivity contribution < 1.29 is 9.47 Å². The molecular formula is C15H20O2Sn. The number of benzene rings is 2. The van der Waals surface area contributed by atoms with Crippen molar-refractivity contribution in [3.05, 3.63) is 30.3 Å². The molecule has 0 amide bonds. The van der Waals surface area contributed by atoms with Gasteiger partial charge in [-0.2, -0.15) is 0 Å². The first-order valence-corrected chi connectivity index (χ1v) is 16.1. The molecule has 2 aromatic carbocycles. The Hall–Kier alpha value is -0.901. The standard InChI is InChI=1S/C12H11O2.3CH3.Sn/c1-13-11-7-9-5-3-4-6-10(9)8-12(11)14-2;;;;/h3,5-8H,1-2H3;3*1H3;. The van der Waals surface area contributed by atoms with Crippen molar-refractivity contribution in [2.45, 2.75) is 14.8 Å². The maximum absolute atomic E-state index is 5.36. The molecule has 0 atom stereocenters. The Labute approximate surface area is 113 Å². The first-order chi connectivity index (χ1) is 8.45. The molecule has 0 N–H and O–H groups in total. The van der Waals surface area contributed by atoms with Gasteiger partial charge in [0, 0.05) is 0 Å². The monoisotopic (exact) mass is 352 g/mol. The molecule has 0 saturated carbocycles. The first-order valence-electron chi connectivity index (χ1n) is 6.12. The van der Waals surface area contributed by atoms with Gasteiger partial charge < -0.3 is 0 Å². The van der Waals surface area contributed by atoms with Crippen LogP contribution in [0.1, 0.15) is 0 Å². The molecule has 2 aromatic rings. The molecule has 0 aliphatic heterocycles. The fourth-order valence-corrected chi connectivity index (χ4v) is 5.39. The van der Waals surface area contributed by atoms with Crippen LogP contribution in [0.15, 0.2) is 30.3 Å². The topological polar surface area (TPSA) is 18.5 Å². The zero-order valence-electron chi connectivity index (χ0n) is 11.7. The predicted octanol–water partition coefficient (Wildman–Crippen LogP) is 3.40. The second-order valence-electron chi connectivity index (χ2n) is 5.52. The van der Waals surface area contributed by atoms with Crippen LogP contribution in [0.25, 0.3) is 10.8 Å². The zero-order chi connectivity index (χ0) is 13.3. The molecule has 0 aliphatic rings. The summed E-state index contributed by atoms with van der Waals surface area (Å²) in [5, 5.41) is 2.43. The van der Waals surface area contributed by atoms with E-state index in [4.69, 9.17) is 9.47 Å². The quantitative estimate of drug-likeness (QED) is 0.790. The van der Waals surface area contributed by atoms with Gasteiger partial charge in [-0.15, -0.1) is 0 Å². The number of hydrogen-bond donors (Lipinski definition) is 0. The summed E-state index contributed by atoms with van der Waals surface area (Å²) in [4.78, 5) is 7.28. The third-order valence-electron chi connectivity index (χ3n) is 3.21. The van der Waals surface area contributed by atoms with Crippen molar-refractivity contribution in [3.63, 3.8) is 0 Å². The molecule has 96 valence electrons. The third kappa shape index (κ3) is 2.58. The zero-order valence-corrected chi connectivity index (χ0v) is 14.6. The van der Waals surface area contributed by atoms with Gasteiger partial charge in [0.1, 0.15) is 0 Å². The molecule has 0 saturated heterocycles. The molecule has 0 radical (unpaired) electrons. The van der Waals surface area contributed by atoms with Gasteiger partial charge in [-0.05, 0) is 0 Å². The van der Waals surface area contributed by atoms with Crippen molar-refractivity contribution >= 4 is 32.7 Å². The molecule has 2 nitrogen and oxygen atoms in total. The van der Waals surface area contributed by atoms with Crippen molar-refractivity contribution in [2.75, 3.05) is 14.2 Å². The Kier molecular flexibility index (Phi) is 3.76. The summed E-state index contributed by atoms with van der Waals surface area (Å²) < 4.78 is 12.2. The molecule has 0 heterocycles. The number of methoxy groups -OCH3 is 2. The Morgan fingerprint density at radius 3 is 1.83 bits per heavy atom. The molecule has 0 unspecified atom stereocenters. The third-order valence-corrected chi connectivity index (χ3v) is 9.04. The first kappa shape index (κ1) is 13.5. The number of ether oxygens (including phenoxy) is 2. The minimum absolute atomic E-state index is 0.789. The Balaban J connectivity index is 2.63. The van der Waals surface area contributed by atoms with E-state index in [9.17, 15) is 0 Å². The van der Waals surface area contributed by atoms with Crippen LogP contribution in [0.4, 0.5) is 0 Å². The number of rotatable bonds is 3. The van der Waals surface area contributed by atoms with Crippen LogP contribution < -0.4 is 13.1 Å². The summed E-state index contributed by atoms with van der Waals surface area (Å²) in [6, 6.07) is 10.9. The van der Waals surface area contributed by atoms with E-state index < -0.39 is 18.4 Å². The van der Waals surface area contributed by atoms with Crippen LogP contribution >= 0.6 is 0 Å². The van der Waals surface area contributed by atoms with Crippen LogP contribution in [-0.2, 0) is 0 Å². The van der Waals surface area contributed by atoms with E-state index in [0.717, 1.165) is 11.5 Å². The summed E-state index contributed by atoms with van der Waals surface area (Å²) >= 11 is -2.00. The van der Waals surface area contributed by atoms with Crippen LogP contribution in [0.3, 0.4) is 0 Å². The molecular weight excluding hydrogens is 331 g/mol. The Bertz CT molecular complexity index is 570. The molecule has 0 aromatic heterocycles. The molecule has 0 spiro atoms. The van der Waals surface area contributed by atoms with E-state index in [1.807, 2.05) is 6.07 Å². The molecule has 0 aliphatic carbocycles. The summed E-state index contributed by atoms with van der Waals surface area (Å²) in [6.45, 7) is 0. The van der Waals surface area contributed by atoms with Crippen molar-refractivity contribution in [2.24, 2.45) is 0 Å². The van der Waals surface area contributed by atoms with E-state index in [2.05, 4.69) is 39.1 Å². The summed E-state index contributed by atoms with van der Waals surface area (Å²) in [7, 11) is 3.35. The molecule has 0 fully saturated rings. The average Bonchev–Trinajstić information content (AvgIpc) is 2.35. The van der Waals surface area contributed by atoms with Gasteiger partial charge >= 0.3 is 113 Å². The van der Waals surface area contributed by atoms with Gasteiger partial charge in [0.25, 0.3) is 0 Å². The van der Waals surface area contributed by atoms with E-state index in [-0.39, 0.29) is 0 Å². The van der Waals surface area contributed by atoms with Crippen molar-refractivity contribution in [1.29, 1.82) is 0 Å². The van der Waals surface area contributed by atoms with Crippen LogP contribution in [-0.4, -0.2) is 32.6 Å². The van der Waals surface area contributed by atoms with Crippen molar-refractivity contribution in [1.82, 2.24) is 0 Å². The van der Waals surface area contributed by atoms with Gasteiger partial charge in [0.15, 0.2) is 0 Å². The fraction of sp³-hybridized carbons (Fsp3) is 0.333. The SMILES string of the molecule is COc1cc2cc[c]([Sn]([CH3])([CH3])[CH3])cc2cc1OC. The normalized spacial score (nSPS) is 11.6.